The Morgan fingerprint density at radius 1 is 0.589 bits per heavy atom. The van der Waals surface area contributed by atoms with Crippen molar-refractivity contribution in [1.82, 2.24) is 5.32 Å². The van der Waals surface area contributed by atoms with Crippen LogP contribution in [0.15, 0.2) is 48.6 Å². The molecule has 0 aromatic carbocycles. The van der Waals surface area contributed by atoms with Gasteiger partial charge in [-0.3, -0.25) is 18.6 Å². The SMILES string of the molecule is CC/C=C\C/C=C\C/C=C\C/C=C\CCCCC(=O)NC(COP(=O)(O)OCC(O)COC(=O)CCCCCCCCCCCCCCCCCCC)C(=O)O. The van der Waals surface area contributed by atoms with Crippen molar-refractivity contribution in [2.75, 3.05) is 19.8 Å². The fourth-order valence-electron chi connectivity index (χ4n) is 5.78. The summed E-state index contributed by atoms with van der Waals surface area (Å²) in [5.41, 5.74) is 0. The normalized spacial score (nSPS) is 14.2. The maximum Gasteiger partial charge on any atom is 0.472 e. The van der Waals surface area contributed by atoms with Gasteiger partial charge in [0.2, 0.25) is 5.91 Å². The van der Waals surface area contributed by atoms with Crippen LogP contribution in [0.5, 0.6) is 0 Å². The topological polar surface area (TPSA) is 169 Å². The van der Waals surface area contributed by atoms with Gasteiger partial charge in [-0.05, 0) is 51.4 Å². The van der Waals surface area contributed by atoms with E-state index in [9.17, 15) is 34.1 Å². The standard InChI is InChI=1S/C44H78NO10P/c1-3-5-7-9-11-13-15-17-19-20-22-24-26-28-30-32-34-36-43(48)53-37-40(46)38-54-56(51,52)55-39-41(44(49)50)45-42(47)35-33-31-29-27-25-23-21-18-16-14-12-10-8-6-4-2/h6,8,12,14,18,21,25,27,40-41,46H,3-5,7,9-11,13,15-17,19-20,22-24,26,28-39H2,1-2H3,(H,45,47)(H,49,50)(H,51,52)/b8-6-,14-12-,21-18-,27-25-. The molecule has 324 valence electrons. The van der Waals surface area contributed by atoms with Crippen molar-refractivity contribution in [2.45, 2.75) is 193 Å². The van der Waals surface area contributed by atoms with Gasteiger partial charge in [0, 0.05) is 12.8 Å². The van der Waals surface area contributed by atoms with E-state index < -0.39 is 57.6 Å². The Hall–Kier alpha value is -2.56. The number of carbonyl (C=O) groups excluding carboxylic acids is 2. The first-order valence-corrected chi connectivity index (χ1v) is 23.2. The fraction of sp³-hybridized carbons (Fsp3) is 0.750. The molecule has 1 amide bonds. The maximum absolute atomic E-state index is 12.3. The van der Waals surface area contributed by atoms with Gasteiger partial charge < -0.3 is 25.2 Å². The number of phosphoric acid groups is 1. The minimum absolute atomic E-state index is 0.0923. The number of ether oxygens (including phenoxy) is 1. The lowest BCUT2D eigenvalue weighted by Crippen LogP contribution is -2.43. The van der Waals surface area contributed by atoms with E-state index in [1.165, 1.54) is 83.5 Å². The quantitative estimate of drug-likeness (QED) is 0.0202. The largest absolute Gasteiger partial charge is 0.480 e. The molecule has 0 heterocycles. The summed E-state index contributed by atoms with van der Waals surface area (Å²) < 4.78 is 26.8. The van der Waals surface area contributed by atoms with Gasteiger partial charge >= 0.3 is 19.8 Å². The number of nitrogens with one attached hydrogen (secondary N) is 1. The Morgan fingerprint density at radius 2 is 1.04 bits per heavy atom. The number of amides is 1. The first-order valence-electron chi connectivity index (χ1n) is 21.7. The van der Waals surface area contributed by atoms with Crippen LogP contribution in [0.2, 0.25) is 0 Å². The summed E-state index contributed by atoms with van der Waals surface area (Å²) in [7, 11) is -4.77. The number of esters is 1. The van der Waals surface area contributed by atoms with E-state index >= 15 is 0 Å². The van der Waals surface area contributed by atoms with Crippen molar-refractivity contribution in [3.05, 3.63) is 48.6 Å². The van der Waals surface area contributed by atoms with E-state index in [4.69, 9.17) is 13.8 Å². The molecule has 0 rings (SSSR count). The molecule has 0 aromatic heterocycles. The Kier molecular flexibility index (Phi) is 37.5. The molecule has 0 saturated heterocycles. The van der Waals surface area contributed by atoms with Crippen molar-refractivity contribution in [1.29, 1.82) is 0 Å². The summed E-state index contributed by atoms with van der Waals surface area (Å²) in [6.07, 6.45) is 42.9. The predicted molar refractivity (Wildman–Crippen MR) is 226 cm³/mol. The summed E-state index contributed by atoms with van der Waals surface area (Å²) in [5.74, 6) is -2.43. The molecule has 0 spiro atoms. The van der Waals surface area contributed by atoms with Gasteiger partial charge in [0.1, 0.15) is 12.7 Å². The van der Waals surface area contributed by atoms with E-state index in [-0.39, 0.29) is 12.8 Å². The molecule has 0 aliphatic rings. The van der Waals surface area contributed by atoms with Crippen LogP contribution in [-0.4, -0.2) is 64.9 Å². The number of allylic oxidation sites excluding steroid dienone is 8. The third-order valence-corrected chi connectivity index (χ3v) is 10.1. The summed E-state index contributed by atoms with van der Waals surface area (Å²) in [4.78, 5) is 45.8. The van der Waals surface area contributed by atoms with E-state index in [1.54, 1.807) is 0 Å². The number of carboxylic acids is 1. The number of hydrogen-bond acceptors (Lipinski definition) is 8. The lowest BCUT2D eigenvalue weighted by atomic mass is 10.0. The lowest BCUT2D eigenvalue weighted by molar-refractivity contribution is -0.147. The molecular weight excluding hydrogens is 733 g/mol. The molecule has 0 radical (unpaired) electrons. The second-order valence-electron chi connectivity index (χ2n) is 14.5. The fourth-order valence-corrected chi connectivity index (χ4v) is 6.55. The zero-order valence-corrected chi connectivity index (χ0v) is 35.8. The highest BCUT2D eigenvalue weighted by Gasteiger charge is 2.28. The molecule has 0 aliphatic carbocycles. The highest BCUT2D eigenvalue weighted by molar-refractivity contribution is 7.47. The molecule has 0 bridgehead atoms. The number of hydrogen-bond donors (Lipinski definition) is 4. The number of unbranched alkanes of at least 4 members (excludes halogenated alkanes) is 18. The summed E-state index contributed by atoms with van der Waals surface area (Å²) in [6.45, 7) is 2.45. The zero-order valence-electron chi connectivity index (χ0n) is 34.9. The third kappa shape index (κ3) is 38.3. The Morgan fingerprint density at radius 3 is 1.54 bits per heavy atom. The van der Waals surface area contributed by atoms with Gasteiger partial charge in [0.15, 0.2) is 6.04 Å². The molecule has 56 heavy (non-hydrogen) atoms. The van der Waals surface area contributed by atoms with Crippen LogP contribution >= 0.6 is 7.82 Å². The van der Waals surface area contributed by atoms with Crippen molar-refractivity contribution >= 4 is 25.7 Å². The monoisotopic (exact) mass is 812 g/mol. The zero-order chi connectivity index (χ0) is 41.4. The molecule has 0 saturated carbocycles. The van der Waals surface area contributed by atoms with E-state index in [0.717, 1.165) is 57.8 Å². The van der Waals surface area contributed by atoms with Gasteiger partial charge in [-0.25, -0.2) is 9.36 Å². The molecule has 4 N–H and O–H groups in total. The molecule has 3 unspecified atom stereocenters. The summed E-state index contributed by atoms with van der Waals surface area (Å²) in [6, 6.07) is -1.57. The molecular formula is C44H78NO10P. The molecule has 11 nitrogen and oxygen atoms in total. The first kappa shape index (κ1) is 53.4. The Labute approximate surface area is 339 Å². The minimum atomic E-state index is -4.77. The number of carboxylic acid groups (broad SMARTS) is 1. The summed E-state index contributed by atoms with van der Waals surface area (Å²) in [5, 5.41) is 21.8. The van der Waals surface area contributed by atoms with Gasteiger partial charge in [0.25, 0.3) is 0 Å². The molecule has 0 aliphatic heterocycles. The maximum atomic E-state index is 12.3. The van der Waals surface area contributed by atoms with Crippen LogP contribution in [0, 0.1) is 0 Å². The number of rotatable bonds is 40. The van der Waals surface area contributed by atoms with Gasteiger partial charge in [-0.15, -0.1) is 0 Å². The average molecular weight is 812 g/mol. The first-order chi connectivity index (χ1) is 27.1. The van der Waals surface area contributed by atoms with Crippen LogP contribution in [0.4, 0.5) is 0 Å². The van der Waals surface area contributed by atoms with Gasteiger partial charge in [0.05, 0.1) is 13.2 Å². The minimum Gasteiger partial charge on any atom is -0.480 e. The van der Waals surface area contributed by atoms with Crippen LogP contribution in [0.1, 0.15) is 181 Å². The van der Waals surface area contributed by atoms with Gasteiger partial charge in [-0.1, -0.05) is 165 Å². The Balaban J connectivity index is 3.94. The third-order valence-electron chi connectivity index (χ3n) is 9.13. The smallest absolute Gasteiger partial charge is 0.472 e. The second kappa shape index (κ2) is 39.3. The molecule has 0 aromatic rings. The lowest BCUT2D eigenvalue weighted by Gasteiger charge is -2.18. The van der Waals surface area contributed by atoms with E-state index in [2.05, 4.69) is 61.7 Å². The highest BCUT2D eigenvalue weighted by atomic mass is 31.2. The Bertz CT molecular complexity index is 1140. The van der Waals surface area contributed by atoms with Gasteiger partial charge in [-0.2, -0.15) is 0 Å². The molecule has 12 heteroatoms. The summed E-state index contributed by atoms with van der Waals surface area (Å²) >= 11 is 0. The molecule has 3 atom stereocenters. The second-order valence-corrected chi connectivity index (χ2v) is 16.0. The number of phosphoric ester groups is 1. The predicted octanol–water partition coefficient (Wildman–Crippen LogP) is 11.0. The van der Waals surface area contributed by atoms with Crippen LogP contribution < -0.4 is 5.32 Å². The number of aliphatic carboxylic acids is 1. The number of aliphatic hydroxyl groups excluding tert-OH is 1. The highest BCUT2D eigenvalue weighted by Crippen LogP contribution is 2.43. The van der Waals surface area contributed by atoms with Crippen molar-refractivity contribution in [3.63, 3.8) is 0 Å². The van der Waals surface area contributed by atoms with Crippen molar-refractivity contribution < 1.29 is 47.8 Å². The van der Waals surface area contributed by atoms with E-state index in [0.29, 0.717) is 12.8 Å². The van der Waals surface area contributed by atoms with Crippen molar-refractivity contribution in [3.8, 4) is 0 Å². The van der Waals surface area contributed by atoms with E-state index in [1.807, 2.05) is 6.08 Å². The van der Waals surface area contributed by atoms with Crippen LogP contribution in [0.25, 0.3) is 0 Å². The number of carbonyl (C=O) groups is 3. The number of aliphatic hydroxyl groups is 1. The van der Waals surface area contributed by atoms with Crippen LogP contribution in [0.3, 0.4) is 0 Å². The average Bonchev–Trinajstić information content (AvgIpc) is 3.17. The van der Waals surface area contributed by atoms with Crippen molar-refractivity contribution in [2.24, 2.45) is 0 Å². The van der Waals surface area contributed by atoms with Crippen LogP contribution in [-0.2, 0) is 32.7 Å². The molecule has 0 fully saturated rings.